The molecular formula is C8H17N2O-. The van der Waals surface area contributed by atoms with Crippen molar-refractivity contribution in [1.29, 1.82) is 0 Å². The summed E-state index contributed by atoms with van der Waals surface area (Å²) >= 11 is 0. The van der Waals surface area contributed by atoms with Gasteiger partial charge in [-0.2, -0.15) is 0 Å². The fourth-order valence-corrected chi connectivity index (χ4v) is 1.17. The molecule has 1 saturated heterocycles. The van der Waals surface area contributed by atoms with Crippen LogP contribution in [0.2, 0.25) is 0 Å². The lowest BCUT2D eigenvalue weighted by molar-refractivity contribution is 0.0843. The molecule has 1 N–H and O–H groups in total. The molecule has 0 amide bonds. The highest BCUT2D eigenvalue weighted by molar-refractivity contribution is 4.97. The van der Waals surface area contributed by atoms with Gasteiger partial charge < -0.3 is 15.6 Å². The number of hydrogen-bond donors (Lipinski definition) is 1. The van der Waals surface area contributed by atoms with Crippen LogP contribution in [0.4, 0.5) is 0 Å². The summed E-state index contributed by atoms with van der Waals surface area (Å²) in [5, 5.41) is 15.9. The largest absolute Gasteiger partial charge is 0.785 e. The summed E-state index contributed by atoms with van der Waals surface area (Å²) in [5.74, 6) is 0. The third-order valence-corrected chi connectivity index (χ3v) is 2.21. The third kappa shape index (κ3) is 1.92. The van der Waals surface area contributed by atoms with E-state index in [2.05, 4.69) is 5.32 Å². The molecule has 1 rings (SSSR count). The van der Waals surface area contributed by atoms with E-state index in [9.17, 15) is 5.21 Å². The first-order valence-electron chi connectivity index (χ1n) is 4.03. The van der Waals surface area contributed by atoms with Crippen LogP contribution in [0.3, 0.4) is 0 Å². The first-order chi connectivity index (χ1) is 4.83. The number of nitrogens with one attached hydrogen (secondary N) is 1. The minimum absolute atomic E-state index is 0.0305. The topological polar surface area (TPSA) is 38.3 Å². The van der Waals surface area contributed by atoms with Gasteiger partial charge in [-0.1, -0.05) is 0 Å². The zero-order chi connectivity index (χ0) is 8.70. The van der Waals surface area contributed by atoms with Crippen molar-refractivity contribution in [3.05, 3.63) is 5.21 Å². The van der Waals surface area contributed by atoms with Gasteiger partial charge in [-0.25, -0.2) is 0 Å². The Labute approximate surface area is 68.3 Å². The van der Waals surface area contributed by atoms with Crippen molar-refractivity contribution < 1.29 is 0 Å². The van der Waals surface area contributed by atoms with Gasteiger partial charge in [-0.3, -0.25) is 0 Å². The maximum absolute atomic E-state index is 11.4. The van der Waals surface area contributed by atoms with Crippen molar-refractivity contribution in [1.82, 2.24) is 10.4 Å². The molecule has 3 heteroatoms. The van der Waals surface area contributed by atoms with Crippen molar-refractivity contribution >= 4 is 0 Å². The molecule has 1 fully saturated rings. The van der Waals surface area contributed by atoms with E-state index in [1.807, 2.05) is 27.7 Å². The first kappa shape index (κ1) is 8.97. The molecule has 1 aliphatic rings. The van der Waals surface area contributed by atoms with Crippen molar-refractivity contribution in [3.8, 4) is 0 Å². The van der Waals surface area contributed by atoms with Crippen LogP contribution in [-0.4, -0.2) is 29.2 Å². The van der Waals surface area contributed by atoms with E-state index in [-0.39, 0.29) is 11.1 Å². The van der Waals surface area contributed by atoms with Gasteiger partial charge in [-0.15, -0.1) is 0 Å². The molecular weight excluding hydrogens is 140 g/mol. The molecule has 0 spiro atoms. The van der Waals surface area contributed by atoms with Crippen LogP contribution in [-0.2, 0) is 0 Å². The number of hydrogen-bond acceptors (Lipinski definition) is 3. The Morgan fingerprint density at radius 3 is 2.18 bits per heavy atom. The molecule has 0 unspecified atom stereocenters. The molecule has 0 aromatic heterocycles. The second-order valence-electron chi connectivity index (χ2n) is 4.59. The lowest BCUT2D eigenvalue weighted by Crippen LogP contribution is -2.64. The van der Waals surface area contributed by atoms with Gasteiger partial charge in [0.1, 0.15) is 0 Å². The van der Waals surface area contributed by atoms with Gasteiger partial charge in [0.25, 0.3) is 0 Å². The van der Waals surface area contributed by atoms with E-state index in [4.69, 9.17) is 0 Å². The molecule has 0 bridgehead atoms. The average molecular weight is 157 g/mol. The summed E-state index contributed by atoms with van der Waals surface area (Å²) < 4.78 is 0. The molecule has 1 heterocycles. The molecule has 0 aromatic carbocycles. The SMILES string of the molecule is CC1(C)CN([O-])C(C)(C)CN1. The van der Waals surface area contributed by atoms with Crippen molar-refractivity contribution in [2.24, 2.45) is 0 Å². The molecule has 0 aliphatic carbocycles. The van der Waals surface area contributed by atoms with E-state index in [0.717, 1.165) is 6.54 Å². The fourth-order valence-electron chi connectivity index (χ4n) is 1.17. The lowest BCUT2D eigenvalue weighted by Gasteiger charge is -2.53. The highest BCUT2D eigenvalue weighted by Crippen LogP contribution is 2.21. The predicted molar refractivity (Wildman–Crippen MR) is 46.2 cm³/mol. The molecule has 3 nitrogen and oxygen atoms in total. The van der Waals surface area contributed by atoms with Crippen LogP contribution in [0.1, 0.15) is 27.7 Å². The van der Waals surface area contributed by atoms with E-state index in [0.29, 0.717) is 6.54 Å². The minimum Gasteiger partial charge on any atom is -0.785 e. The van der Waals surface area contributed by atoms with Crippen LogP contribution < -0.4 is 5.32 Å². The van der Waals surface area contributed by atoms with E-state index < -0.39 is 0 Å². The van der Waals surface area contributed by atoms with Crippen LogP contribution in [0.5, 0.6) is 0 Å². The highest BCUT2D eigenvalue weighted by Gasteiger charge is 2.32. The number of piperazine rings is 1. The number of nitrogens with zero attached hydrogens (tertiary/aromatic N) is 1. The second kappa shape index (κ2) is 2.44. The fraction of sp³-hybridized carbons (Fsp3) is 1.00. The third-order valence-electron chi connectivity index (χ3n) is 2.21. The molecule has 0 radical (unpaired) electrons. The molecule has 66 valence electrons. The highest BCUT2D eigenvalue weighted by atomic mass is 16.5. The Kier molecular flexibility index (Phi) is 1.99. The summed E-state index contributed by atoms with van der Waals surface area (Å²) in [5.41, 5.74) is -0.271. The van der Waals surface area contributed by atoms with Crippen molar-refractivity contribution in [2.45, 2.75) is 38.8 Å². The number of rotatable bonds is 0. The average Bonchev–Trinajstić information content (AvgIpc) is 1.81. The lowest BCUT2D eigenvalue weighted by atomic mass is 9.94. The van der Waals surface area contributed by atoms with E-state index >= 15 is 0 Å². The molecule has 0 saturated carbocycles. The van der Waals surface area contributed by atoms with Gasteiger partial charge in [0.05, 0.1) is 0 Å². The van der Waals surface area contributed by atoms with Crippen molar-refractivity contribution in [3.63, 3.8) is 0 Å². The standard InChI is InChI=1S/C8H17N2O/c1-7(2)6-10(11)8(3,4)5-9-7/h9H,5-6H2,1-4H3/q-1. The maximum atomic E-state index is 11.4. The van der Waals surface area contributed by atoms with Crippen molar-refractivity contribution in [2.75, 3.05) is 13.1 Å². The number of hydroxylamine groups is 2. The normalized spacial score (nSPS) is 30.3. The molecule has 11 heavy (non-hydrogen) atoms. The molecule has 1 aliphatic heterocycles. The summed E-state index contributed by atoms with van der Waals surface area (Å²) in [7, 11) is 0. The molecule has 0 atom stereocenters. The Bertz CT molecular complexity index is 154. The quantitative estimate of drug-likeness (QED) is 0.569. The van der Waals surface area contributed by atoms with Crippen LogP contribution in [0.25, 0.3) is 0 Å². The molecule has 0 aromatic rings. The summed E-state index contributed by atoms with van der Waals surface area (Å²) in [4.78, 5) is 0. The summed E-state index contributed by atoms with van der Waals surface area (Å²) in [6, 6.07) is 0. The predicted octanol–water partition coefficient (Wildman–Crippen LogP) is 0.947. The van der Waals surface area contributed by atoms with E-state index in [1.165, 1.54) is 5.06 Å². The zero-order valence-corrected chi connectivity index (χ0v) is 7.77. The Morgan fingerprint density at radius 2 is 1.82 bits per heavy atom. The maximum Gasteiger partial charge on any atom is 0.0243 e. The first-order valence-corrected chi connectivity index (χ1v) is 4.03. The van der Waals surface area contributed by atoms with Gasteiger partial charge in [0.15, 0.2) is 0 Å². The summed E-state index contributed by atoms with van der Waals surface area (Å²) in [6.45, 7) is 9.36. The monoisotopic (exact) mass is 157 g/mol. The Morgan fingerprint density at radius 1 is 1.27 bits per heavy atom. The Hall–Kier alpha value is -0.120. The minimum atomic E-state index is -0.241. The van der Waals surface area contributed by atoms with Crippen LogP contribution in [0.15, 0.2) is 0 Å². The van der Waals surface area contributed by atoms with Gasteiger partial charge >= 0.3 is 0 Å². The van der Waals surface area contributed by atoms with Gasteiger partial charge in [0, 0.05) is 24.2 Å². The summed E-state index contributed by atoms with van der Waals surface area (Å²) in [6.07, 6.45) is 0. The smallest absolute Gasteiger partial charge is 0.0243 e. The zero-order valence-electron chi connectivity index (χ0n) is 7.77. The van der Waals surface area contributed by atoms with Crippen LogP contribution >= 0.6 is 0 Å². The van der Waals surface area contributed by atoms with Gasteiger partial charge in [-0.05, 0) is 27.7 Å². The van der Waals surface area contributed by atoms with Gasteiger partial charge in [0.2, 0.25) is 0 Å². The van der Waals surface area contributed by atoms with Crippen LogP contribution in [0, 0.1) is 5.21 Å². The van der Waals surface area contributed by atoms with E-state index in [1.54, 1.807) is 0 Å². The second-order valence-corrected chi connectivity index (χ2v) is 4.59. The Balaban J connectivity index is 2.63.